The molecule has 0 radical (unpaired) electrons. The molecule has 0 bridgehead atoms. The molecule has 20 heavy (non-hydrogen) atoms. The highest BCUT2D eigenvalue weighted by atomic mass is 79.9. The Morgan fingerprint density at radius 1 is 1.30 bits per heavy atom. The molecule has 0 aliphatic heterocycles. The third kappa shape index (κ3) is 3.99. The van der Waals surface area contributed by atoms with E-state index in [0.717, 1.165) is 26.8 Å². The molecule has 1 aromatic heterocycles. The van der Waals surface area contributed by atoms with Gasteiger partial charge in [0.25, 0.3) is 0 Å². The molecular weight excluding hydrogens is 445 g/mol. The summed E-state index contributed by atoms with van der Waals surface area (Å²) in [5.41, 5.74) is 1.06. The van der Waals surface area contributed by atoms with Crippen LogP contribution in [0, 0.1) is 0 Å². The number of benzene rings is 1. The van der Waals surface area contributed by atoms with Crippen LogP contribution in [-0.4, -0.2) is 6.54 Å². The second kappa shape index (κ2) is 7.61. The molecule has 0 amide bonds. The van der Waals surface area contributed by atoms with Crippen molar-refractivity contribution in [2.75, 3.05) is 6.54 Å². The first-order valence-corrected chi connectivity index (χ1v) is 9.29. The molecule has 0 fully saturated rings. The number of nitrogens with one attached hydrogen (secondary N) is 1. The Balaban J connectivity index is 2.27. The van der Waals surface area contributed by atoms with Crippen LogP contribution in [-0.2, 0) is 6.42 Å². The number of hydrogen-bond acceptors (Lipinski definition) is 2. The summed E-state index contributed by atoms with van der Waals surface area (Å²) < 4.78 is 2.19. The van der Waals surface area contributed by atoms with Gasteiger partial charge in [0.15, 0.2) is 0 Å². The zero-order valence-electron chi connectivity index (χ0n) is 10.7. The monoisotopic (exact) mass is 455 g/mol. The summed E-state index contributed by atoms with van der Waals surface area (Å²) in [5.74, 6) is 0. The van der Waals surface area contributed by atoms with Gasteiger partial charge >= 0.3 is 0 Å². The molecular formula is C14H13Br2Cl2NS. The topological polar surface area (TPSA) is 12.0 Å². The first-order valence-electron chi connectivity index (χ1n) is 6.14. The van der Waals surface area contributed by atoms with Gasteiger partial charge in [-0.2, -0.15) is 0 Å². The van der Waals surface area contributed by atoms with E-state index in [9.17, 15) is 0 Å². The van der Waals surface area contributed by atoms with Crippen molar-refractivity contribution < 1.29 is 0 Å². The molecule has 1 aromatic carbocycles. The molecule has 1 unspecified atom stereocenters. The lowest BCUT2D eigenvalue weighted by Gasteiger charge is -2.17. The fourth-order valence-electron chi connectivity index (χ4n) is 1.98. The van der Waals surface area contributed by atoms with Crippen molar-refractivity contribution in [3.63, 3.8) is 0 Å². The molecule has 0 spiro atoms. The lowest BCUT2D eigenvalue weighted by atomic mass is 10.0. The van der Waals surface area contributed by atoms with Gasteiger partial charge in [-0.05, 0) is 62.5 Å². The van der Waals surface area contributed by atoms with E-state index < -0.39 is 0 Å². The number of rotatable bonds is 5. The quantitative estimate of drug-likeness (QED) is 0.542. The van der Waals surface area contributed by atoms with Crippen LogP contribution >= 0.6 is 66.4 Å². The van der Waals surface area contributed by atoms with Crippen molar-refractivity contribution in [3.05, 3.63) is 53.0 Å². The average molecular weight is 458 g/mol. The van der Waals surface area contributed by atoms with E-state index >= 15 is 0 Å². The first kappa shape index (κ1) is 16.8. The van der Waals surface area contributed by atoms with Gasteiger partial charge in [-0.25, -0.2) is 0 Å². The highest BCUT2D eigenvalue weighted by molar-refractivity contribution is 9.13. The van der Waals surface area contributed by atoms with E-state index in [1.54, 1.807) is 11.3 Å². The third-order valence-electron chi connectivity index (χ3n) is 2.91. The molecule has 6 heteroatoms. The van der Waals surface area contributed by atoms with E-state index in [1.165, 1.54) is 4.88 Å². The summed E-state index contributed by atoms with van der Waals surface area (Å²) in [7, 11) is 0. The molecule has 0 saturated heterocycles. The summed E-state index contributed by atoms with van der Waals surface area (Å²) in [5, 5.41) is 4.75. The van der Waals surface area contributed by atoms with Crippen LogP contribution in [0.5, 0.6) is 0 Å². The summed E-state index contributed by atoms with van der Waals surface area (Å²) in [4.78, 5) is 1.27. The number of hydrogen-bond donors (Lipinski definition) is 1. The van der Waals surface area contributed by atoms with Crippen LogP contribution in [0.3, 0.4) is 0 Å². The number of halogens is 4. The molecule has 0 saturated carbocycles. The molecule has 108 valence electrons. The summed E-state index contributed by atoms with van der Waals surface area (Å²) in [6.45, 7) is 3.00. The second-order valence-corrected chi connectivity index (χ2v) is 8.34. The van der Waals surface area contributed by atoms with Gasteiger partial charge in [0, 0.05) is 15.4 Å². The highest BCUT2D eigenvalue weighted by Crippen LogP contribution is 2.37. The molecule has 0 aliphatic rings. The number of thiophene rings is 1. The van der Waals surface area contributed by atoms with Crippen molar-refractivity contribution >= 4 is 66.4 Å². The average Bonchev–Trinajstić information content (AvgIpc) is 2.74. The van der Waals surface area contributed by atoms with Gasteiger partial charge in [0.2, 0.25) is 0 Å². The molecule has 0 aliphatic carbocycles. The van der Waals surface area contributed by atoms with Crippen molar-refractivity contribution in [2.45, 2.75) is 19.4 Å². The Labute approximate surface area is 149 Å². The van der Waals surface area contributed by atoms with Crippen molar-refractivity contribution in [2.24, 2.45) is 0 Å². The maximum Gasteiger partial charge on any atom is 0.0843 e. The Bertz CT molecular complexity index is 581. The zero-order chi connectivity index (χ0) is 14.7. The molecule has 1 heterocycles. The second-order valence-electron chi connectivity index (χ2n) is 4.30. The van der Waals surface area contributed by atoms with Crippen LogP contribution in [0.2, 0.25) is 10.0 Å². The molecule has 1 N–H and O–H groups in total. The Morgan fingerprint density at radius 2 is 2.05 bits per heavy atom. The smallest absolute Gasteiger partial charge is 0.0843 e. The Morgan fingerprint density at radius 3 is 2.65 bits per heavy atom. The minimum absolute atomic E-state index is 0.226. The van der Waals surface area contributed by atoms with Crippen LogP contribution < -0.4 is 5.32 Å². The fourth-order valence-corrected chi connectivity index (χ4v) is 4.54. The van der Waals surface area contributed by atoms with E-state index in [1.807, 2.05) is 18.2 Å². The first-order chi connectivity index (χ1) is 9.52. The minimum Gasteiger partial charge on any atom is -0.309 e. The summed E-state index contributed by atoms with van der Waals surface area (Å²) in [6.07, 6.45) is 0.812. The van der Waals surface area contributed by atoms with Gasteiger partial charge in [0.1, 0.15) is 0 Å². The summed E-state index contributed by atoms with van der Waals surface area (Å²) in [6, 6.07) is 8.14. The zero-order valence-corrected chi connectivity index (χ0v) is 16.2. The standard InChI is InChI=1S/C14H13Br2Cl2NS/c1-2-19-11(12-7-9(15)14(16)20-12)6-8-4-3-5-10(17)13(8)18/h3-5,7,11,19H,2,6H2,1H3. The van der Waals surface area contributed by atoms with Gasteiger partial charge < -0.3 is 5.32 Å². The predicted molar refractivity (Wildman–Crippen MR) is 96.3 cm³/mol. The minimum atomic E-state index is 0.226. The Kier molecular flexibility index (Phi) is 6.39. The van der Waals surface area contributed by atoms with Crippen LogP contribution in [0.25, 0.3) is 0 Å². The molecule has 2 rings (SSSR count). The lowest BCUT2D eigenvalue weighted by Crippen LogP contribution is -2.22. The van der Waals surface area contributed by atoms with Crippen LogP contribution in [0.1, 0.15) is 23.4 Å². The lowest BCUT2D eigenvalue weighted by molar-refractivity contribution is 0.558. The largest absolute Gasteiger partial charge is 0.309 e. The van der Waals surface area contributed by atoms with Crippen molar-refractivity contribution in [1.82, 2.24) is 5.32 Å². The van der Waals surface area contributed by atoms with Gasteiger partial charge in [-0.1, -0.05) is 42.3 Å². The van der Waals surface area contributed by atoms with Gasteiger partial charge in [-0.3, -0.25) is 0 Å². The van der Waals surface area contributed by atoms with E-state index in [4.69, 9.17) is 23.2 Å². The third-order valence-corrected chi connectivity index (χ3v) is 7.14. The fraction of sp³-hybridized carbons (Fsp3) is 0.286. The van der Waals surface area contributed by atoms with Crippen molar-refractivity contribution in [1.29, 1.82) is 0 Å². The molecule has 1 atom stereocenters. The van der Waals surface area contributed by atoms with E-state index in [0.29, 0.717) is 10.0 Å². The van der Waals surface area contributed by atoms with Crippen molar-refractivity contribution in [3.8, 4) is 0 Å². The Hall–Kier alpha value is 0.420. The highest BCUT2D eigenvalue weighted by Gasteiger charge is 2.17. The van der Waals surface area contributed by atoms with Crippen LogP contribution in [0.4, 0.5) is 0 Å². The van der Waals surface area contributed by atoms with Gasteiger partial charge in [0.05, 0.1) is 13.8 Å². The molecule has 2 aromatic rings. The molecule has 1 nitrogen and oxygen atoms in total. The predicted octanol–water partition coefficient (Wildman–Crippen LogP) is 6.47. The van der Waals surface area contributed by atoms with E-state index in [2.05, 4.69) is 50.2 Å². The maximum atomic E-state index is 6.29. The normalized spacial score (nSPS) is 12.7. The SMILES string of the molecule is CCNC(Cc1cccc(Cl)c1Cl)c1cc(Br)c(Br)s1. The summed E-state index contributed by atoms with van der Waals surface area (Å²) >= 11 is 21.2. The maximum absolute atomic E-state index is 6.29. The van der Waals surface area contributed by atoms with E-state index in [-0.39, 0.29) is 6.04 Å². The van der Waals surface area contributed by atoms with Gasteiger partial charge in [-0.15, -0.1) is 11.3 Å². The number of likely N-dealkylation sites (N-methyl/N-ethyl adjacent to an activating group) is 1. The van der Waals surface area contributed by atoms with Crippen LogP contribution in [0.15, 0.2) is 32.5 Å².